The van der Waals surface area contributed by atoms with Gasteiger partial charge in [0.1, 0.15) is 5.82 Å². The highest BCUT2D eigenvalue weighted by Gasteiger charge is 2.27. The van der Waals surface area contributed by atoms with Crippen molar-refractivity contribution >= 4 is 15.9 Å². The molecular weight excluding hydrogens is 417 g/mol. The standard InChI is InChI=1S/C23H30FN3O3S/c1-3-22(19-7-5-18(2)6-8-19)25-23(28)17-26-13-4-14-27(16-15-26)31(29,30)21-11-9-20(24)10-12-21/h5-12,22H,3-4,13-17H2,1-2H3,(H,25,28)/t22-/m0/s1. The van der Waals surface area contributed by atoms with E-state index in [1.165, 1.54) is 22.0 Å². The lowest BCUT2D eigenvalue weighted by Gasteiger charge is -2.23. The van der Waals surface area contributed by atoms with Gasteiger partial charge in [-0.3, -0.25) is 9.69 Å². The summed E-state index contributed by atoms with van der Waals surface area (Å²) in [5.74, 6) is -0.537. The molecule has 3 rings (SSSR count). The molecule has 0 radical (unpaired) electrons. The second kappa shape index (κ2) is 10.3. The highest BCUT2D eigenvalue weighted by Crippen LogP contribution is 2.19. The zero-order valence-corrected chi connectivity index (χ0v) is 18.9. The lowest BCUT2D eigenvalue weighted by Crippen LogP contribution is -2.41. The number of nitrogens with zero attached hydrogens (tertiary/aromatic N) is 2. The van der Waals surface area contributed by atoms with Gasteiger partial charge in [-0.05, 0) is 56.1 Å². The maximum atomic E-state index is 13.1. The third-order valence-electron chi connectivity index (χ3n) is 5.59. The Morgan fingerprint density at radius 2 is 1.71 bits per heavy atom. The van der Waals surface area contributed by atoms with Crippen molar-refractivity contribution in [2.45, 2.75) is 37.6 Å². The van der Waals surface area contributed by atoms with Gasteiger partial charge >= 0.3 is 0 Å². The molecule has 31 heavy (non-hydrogen) atoms. The Kier molecular flexibility index (Phi) is 7.80. The van der Waals surface area contributed by atoms with Crippen LogP contribution in [0.5, 0.6) is 0 Å². The first kappa shape index (κ1) is 23.4. The summed E-state index contributed by atoms with van der Waals surface area (Å²) in [6.07, 6.45) is 1.42. The first-order valence-corrected chi connectivity index (χ1v) is 12.1. The van der Waals surface area contributed by atoms with Crippen LogP contribution in [0.25, 0.3) is 0 Å². The number of hydrogen-bond donors (Lipinski definition) is 1. The molecule has 1 atom stereocenters. The maximum Gasteiger partial charge on any atom is 0.243 e. The zero-order valence-electron chi connectivity index (χ0n) is 18.1. The van der Waals surface area contributed by atoms with E-state index in [4.69, 9.17) is 0 Å². The second-order valence-electron chi connectivity index (χ2n) is 7.93. The van der Waals surface area contributed by atoms with Crippen LogP contribution < -0.4 is 5.32 Å². The summed E-state index contributed by atoms with van der Waals surface area (Å²) in [5, 5.41) is 3.09. The number of amides is 1. The van der Waals surface area contributed by atoms with E-state index in [-0.39, 0.29) is 23.4 Å². The van der Waals surface area contributed by atoms with Crippen LogP contribution in [0, 0.1) is 12.7 Å². The van der Waals surface area contributed by atoms with Gasteiger partial charge in [-0.15, -0.1) is 0 Å². The van der Waals surface area contributed by atoms with Crippen LogP contribution in [0.15, 0.2) is 53.4 Å². The van der Waals surface area contributed by atoms with Crippen molar-refractivity contribution in [3.63, 3.8) is 0 Å². The van der Waals surface area contributed by atoms with Crippen molar-refractivity contribution in [3.05, 3.63) is 65.5 Å². The molecule has 168 valence electrons. The number of halogens is 1. The Balaban J connectivity index is 1.57. The van der Waals surface area contributed by atoms with Crippen LogP contribution in [0.2, 0.25) is 0 Å². The van der Waals surface area contributed by atoms with Crippen molar-refractivity contribution in [3.8, 4) is 0 Å². The number of carbonyl (C=O) groups excluding carboxylic acids is 1. The molecule has 2 aromatic rings. The molecule has 1 heterocycles. The summed E-state index contributed by atoms with van der Waals surface area (Å²) in [6.45, 7) is 6.07. The zero-order chi connectivity index (χ0) is 22.4. The number of aryl methyl sites for hydroxylation is 1. The van der Waals surface area contributed by atoms with Crippen molar-refractivity contribution in [2.75, 3.05) is 32.7 Å². The quantitative estimate of drug-likeness (QED) is 0.708. The highest BCUT2D eigenvalue weighted by atomic mass is 32.2. The number of nitrogens with one attached hydrogen (secondary N) is 1. The summed E-state index contributed by atoms with van der Waals surface area (Å²) in [7, 11) is -3.68. The van der Waals surface area contributed by atoms with E-state index in [2.05, 4.69) is 5.32 Å². The fraction of sp³-hybridized carbons (Fsp3) is 0.435. The first-order valence-electron chi connectivity index (χ1n) is 10.6. The summed E-state index contributed by atoms with van der Waals surface area (Å²) < 4.78 is 40.3. The van der Waals surface area contributed by atoms with Gasteiger partial charge in [0.05, 0.1) is 17.5 Å². The largest absolute Gasteiger partial charge is 0.348 e. The summed E-state index contributed by atoms with van der Waals surface area (Å²) in [6, 6.07) is 13.0. The molecule has 0 spiro atoms. The van der Waals surface area contributed by atoms with Crippen LogP contribution in [-0.2, 0) is 14.8 Å². The minimum absolute atomic E-state index is 0.0459. The summed E-state index contributed by atoms with van der Waals surface area (Å²) in [5.41, 5.74) is 2.25. The van der Waals surface area contributed by atoms with Gasteiger partial charge in [-0.1, -0.05) is 36.8 Å². The molecule has 1 aliphatic rings. The molecule has 1 fully saturated rings. The van der Waals surface area contributed by atoms with Gasteiger partial charge in [0, 0.05) is 19.6 Å². The fourth-order valence-electron chi connectivity index (χ4n) is 3.76. The minimum Gasteiger partial charge on any atom is -0.348 e. The van der Waals surface area contributed by atoms with Gasteiger partial charge < -0.3 is 5.32 Å². The SMILES string of the molecule is CC[C@H](NC(=O)CN1CCCN(S(=O)(=O)c2ccc(F)cc2)CC1)c1ccc(C)cc1. The third-order valence-corrected chi connectivity index (χ3v) is 7.50. The monoisotopic (exact) mass is 447 g/mol. The molecule has 0 unspecified atom stereocenters. The molecule has 0 aliphatic carbocycles. The Labute approximate surface area is 184 Å². The topological polar surface area (TPSA) is 69.7 Å². The number of sulfonamides is 1. The maximum absolute atomic E-state index is 13.1. The van der Waals surface area contributed by atoms with Gasteiger partial charge in [0.15, 0.2) is 0 Å². The number of benzene rings is 2. The van der Waals surface area contributed by atoms with Crippen molar-refractivity contribution in [1.29, 1.82) is 0 Å². The lowest BCUT2D eigenvalue weighted by molar-refractivity contribution is -0.123. The molecule has 0 saturated carbocycles. The molecule has 1 amide bonds. The number of carbonyl (C=O) groups is 1. The molecule has 6 nitrogen and oxygen atoms in total. The molecule has 1 aliphatic heterocycles. The average Bonchev–Trinajstić information content (AvgIpc) is 2.99. The molecule has 0 bridgehead atoms. The molecular formula is C23H30FN3O3S. The predicted molar refractivity (Wildman–Crippen MR) is 119 cm³/mol. The van der Waals surface area contributed by atoms with E-state index < -0.39 is 15.8 Å². The van der Waals surface area contributed by atoms with Gasteiger partial charge in [0.2, 0.25) is 15.9 Å². The molecule has 1 saturated heterocycles. The highest BCUT2D eigenvalue weighted by molar-refractivity contribution is 7.89. The van der Waals surface area contributed by atoms with E-state index in [0.29, 0.717) is 32.6 Å². The van der Waals surface area contributed by atoms with Crippen LogP contribution >= 0.6 is 0 Å². The number of hydrogen-bond acceptors (Lipinski definition) is 4. The molecule has 2 aromatic carbocycles. The van der Waals surface area contributed by atoms with Crippen molar-refractivity contribution in [1.82, 2.24) is 14.5 Å². The second-order valence-corrected chi connectivity index (χ2v) is 9.86. The van der Waals surface area contributed by atoms with E-state index in [1.807, 2.05) is 43.0 Å². The van der Waals surface area contributed by atoms with Crippen molar-refractivity contribution < 1.29 is 17.6 Å². The summed E-state index contributed by atoms with van der Waals surface area (Å²) >= 11 is 0. The van der Waals surface area contributed by atoms with E-state index >= 15 is 0 Å². The van der Waals surface area contributed by atoms with Gasteiger partial charge in [-0.2, -0.15) is 4.31 Å². The Bertz CT molecular complexity index is 978. The minimum atomic E-state index is -3.68. The Hall–Kier alpha value is -2.29. The van der Waals surface area contributed by atoms with Crippen molar-refractivity contribution in [2.24, 2.45) is 0 Å². The smallest absolute Gasteiger partial charge is 0.243 e. The van der Waals surface area contributed by atoms with Crippen LogP contribution in [0.1, 0.15) is 36.9 Å². The molecule has 8 heteroatoms. The molecule has 1 N–H and O–H groups in total. The van der Waals surface area contributed by atoms with Gasteiger partial charge in [0.25, 0.3) is 0 Å². The van der Waals surface area contributed by atoms with Gasteiger partial charge in [-0.25, -0.2) is 12.8 Å². The summed E-state index contributed by atoms with van der Waals surface area (Å²) in [4.78, 5) is 14.7. The fourth-order valence-corrected chi connectivity index (χ4v) is 5.23. The van der Waals surface area contributed by atoms with E-state index in [9.17, 15) is 17.6 Å². The first-order chi connectivity index (χ1) is 14.8. The predicted octanol–water partition coefficient (Wildman–Crippen LogP) is 3.10. The normalized spacial score (nSPS) is 17.1. The third kappa shape index (κ3) is 6.12. The van der Waals surface area contributed by atoms with E-state index in [0.717, 1.165) is 24.1 Å². The van der Waals surface area contributed by atoms with Crippen LogP contribution in [0.4, 0.5) is 4.39 Å². The number of rotatable bonds is 7. The molecule has 0 aromatic heterocycles. The average molecular weight is 448 g/mol. The van der Waals surface area contributed by atoms with Crippen LogP contribution in [-0.4, -0.2) is 56.3 Å². The van der Waals surface area contributed by atoms with Crippen LogP contribution in [0.3, 0.4) is 0 Å². The Morgan fingerprint density at radius 1 is 1.03 bits per heavy atom. The van der Waals surface area contributed by atoms with E-state index in [1.54, 1.807) is 0 Å². The Morgan fingerprint density at radius 3 is 2.35 bits per heavy atom. The lowest BCUT2D eigenvalue weighted by atomic mass is 10.0.